The molecular formula is C48H66N12O12S3. The van der Waals surface area contributed by atoms with Gasteiger partial charge in [-0.25, -0.2) is 4.79 Å². The summed E-state index contributed by atoms with van der Waals surface area (Å²) < 4.78 is 10.7. The number of aromatic amines is 3. The smallest absolute Gasteiger partial charge is 0.408 e. The Bertz CT molecular complexity index is 2650. The quantitative estimate of drug-likeness (QED) is 0.0259. The Hall–Kier alpha value is -7.39. The third-order valence-electron chi connectivity index (χ3n) is 10.6. The Morgan fingerprint density at radius 2 is 0.827 bits per heavy atom. The van der Waals surface area contributed by atoms with Gasteiger partial charge in [0.25, 0.3) is 17.7 Å². The fraction of sp³-hybridized carbons (Fsp3) is 0.479. The zero-order valence-electron chi connectivity index (χ0n) is 42.2. The largest absolute Gasteiger partial charge is 0.468 e. The lowest BCUT2D eigenvalue weighted by Crippen LogP contribution is -2.54. The Morgan fingerprint density at radius 1 is 0.493 bits per heavy atom. The maximum Gasteiger partial charge on any atom is 0.408 e. The summed E-state index contributed by atoms with van der Waals surface area (Å²) >= 11 is 15.5. The van der Waals surface area contributed by atoms with Crippen molar-refractivity contribution in [1.29, 1.82) is 0 Å². The van der Waals surface area contributed by atoms with Crippen molar-refractivity contribution in [2.75, 3.05) is 46.4 Å². The standard InChI is InChI=1S/C48H66N12O12S3/c1-48(2,3)72-47(70)60-34(19-7-10-22-51-40(66)31-16-13-25-54-46(31)75)43(69)56-27-36(62)58-32(17-5-8-20-49-38(64)29-14-11-23-52-44(29)73)41(67)55-26-35(61)59-33(42(68)57-28-37(63)71-4)18-6-9-21-50-39(65)30-15-12-24-53-45(30)74/h11-16,23-25,32-34H,5-10,17-22,26-28H2,1-4H3,(H,49,64)(H,50,65)(H,51,66)(H,52,73)(H,53,74)(H,54,75)(H,55,67)(H,56,69)(H,57,68)(H,58,62)(H,59,61)(H,60,70). The van der Waals surface area contributed by atoms with Gasteiger partial charge < -0.3 is 72.3 Å². The van der Waals surface area contributed by atoms with Crippen LogP contribution in [0.1, 0.15) is 110 Å². The van der Waals surface area contributed by atoms with Gasteiger partial charge in [-0.3, -0.25) is 43.2 Å². The number of carbonyl (C=O) groups is 10. The van der Waals surface area contributed by atoms with Crippen molar-refractivity contribution in [3.8, 4) is 0 Å². The van der Waals surface area contributed by atoms with E-state index >= 15 is 0 Å². The summed E-state index contributed by atoms with van der Waals surface area (Å²) in [6, 6.07) is 5.99. The van der Waals surface area contributed by atoms with Gasteiger partial charge in [-0.1, -0.05) is 36.7 Å². The van der Waals surface area contributed by atoms with E-state index in [1.165, 1.54) is 0 Å². The highest BCUT2D eigenvalue weighted by molar-refractivity contribution is 7.71. The van der Waals surface area contributed by atoms with E-state index in [9.17, 15) is 47.9 Å². The number of aromatic nitrogens is 3. The van der Waals surface area contributed by atoms with Gasteiger partial charge >= 0.3 is 12.1 Å². The summed E-state index contributed by atoms with van der Waals surface area (Å²) in [5, 5.41) is 23.2. The fourth-order valence-electron chi connectivity index (χ4n) is 6.80. The first-order valence-corrected chi connectivity index (χ1v) is 25.3. The maximum absolute atomic E-state index is 13.7. The molecule has 0 spiro atoms. The third-order valence-corrected chi connectivity index (χ3v) is 11.6. The highest BCUT2D eigenvalue weighted by atomic mass is 32.1. The van der Waals surface area contributed by atoms with Gasteiger partial charge in [0.1, 0.15) is 44.2 Å². The predicted octanol–water partition coefficient (Wildman–Crippen LogP) is 2.34. The van der Waals surface area contributed by atoms with Gasteiger partial charge in [0.15, 0.2) is 0 Å². The molecule has 75 heavy (non-hydrogen) atoms. The topological polar surface area (TPSA) is 345 Å². The molecule has 24 nitrogen and oxygen atoms in total. The molecule has 0 aromatic carbocycles. The molecule has 0 aliphatic rings. The van der Waals surface area contributed by atoms with Crippen LogP contribution in [0.25, 0.3) is 0 Å². The number of nitrogens with one attached hydrogen (secondary N) is 12. The summed E-state index contributed by atoms with van der Waals surface area (Å²) in [6.07, 6.45) is 6.16. The zero-order chi connectivity index (χ0) is 55.3. The minimum atomic E-state index is -1.27. The lowest BCUT2D eigenvalue weighted by Gasteiger charge is -2.23. The molecule has 27 heteroatoms. The lowest BCUT2D eigenvalue weighted by atomic mass is 10.1. The zero-order valence-corrected chi connectivity index (χ0v) is 44.6. The Balaban J connectivity index is 1.65. The molecular weight excluding hydrogens is 1030 g/mol. The van der Waals surface area contributed by atoms with Crippen LogP contribution < -0.4 is 47.9 Å². The number of H-pyrrole nitrogens is 3. The predicted molar refractivity (Wildman–Crippen MR) is 281 cm³/mol. The number of hydrogen-bond donors (Lipinski definition) is 12. The first-order chi connectivity index (χ1) is 35.7. The molecule has 12 N–H and O–H groups in total. The van der Waals surface area contributed by atoms with Gasteiger partial charge in [0.05, 0.1) is 36.9 Å². The molecule has 9 amide bonds. The van der Waals surface area contributed by atoms with Crippen molar-refractivity contribution in [3.05, 3.63) is 85.6 Å². The molecule has 0 bridgehead atoms. The number of esters is 1. The number of unbranched alkanes of at least 4 members (excludes halogenated alkanes) is 3. The molecule has 0 fully saturated rings. The number of rotatable bonds is 30. The average molecular weight is 1100 g/mol. The lowest BCUT2D eigenvalue weighted by molar-refractivity contribution is -0.141. The van der Waals surface area contributed by atoms with Crippen LogP contribution in [0.4, 0.5) is 4.79 Å². The molecule has 3 aromatic rings. The second-order valence-electron chi connectivity index (χ2n) is 17.7. The first kappa shape index (κ1) is 61.9. The number of amides is 9. The van der Waals surface area contributed by atoms with E-state index in [4.69, 9.17) is 41.4 Å². The van der Waals surface area contributed by atoms with Crippen LogP contribution in [0.3, 0.4) is 0 Å². The second kappa shape index (κ2) is 32.7. The molecule has 0 aliphatic heterocycles. The molecule has 3 atom stereocenters. The molecule has 0 saturated carbocycles. The first-order valence-electron chi connectivity index (χ1n) is 24.0. The van der Waals surface area contributed by atoms with Crippen molar-refractivity contribution in [2.45, 2.75) is 102 Å². The van der Waals surface area contributed by atoms with E-state index in [2.05, 4.69) is 67.5 Å². The highest BCUT2D eigenvalue weighted by Gasteiger charge is 2.27. The molecule has 408 valence electrons. The Kier molecular flexibility index (Phi) is 27.0. The second-order valence-corrected chi connectivity index (χ2v) is 18.9. The SMILES string of the molecule is COC(=O)CNC(=O)C(CCCCNC(=O)c1ccc[nH]c1=S)NC(=O)CNC(=O)C(CCCCNC(=O)c1ccc[nH]c1=S)NC(=O)CNC(=O)C(CCCCNC(=O)c1ccc[nH]c1=S)NC(=O)OC(C)(C)C. The average Bonchev–Trinajstić information content (AvgIpc) is 3.36. The van der Waals surface area contributed by atoms with E-state index in [1.54, 1.807) is 75.8 Å². The number of hydrogen-bond acceptors (Lipinski definition) is 15. The van der Waals surface area contributed by atoms with Crippen LogP contribution in [0, 0.1) is 13.9 Å². The minimum absolute atomic E-state index is 0.00936. The van der Waals surface area contributed by atoms with Crippen LogP contribution in [-0.2, 0) is 38.2 Å². The summed E-state index contributed by atoms with van der Waals surface area (Å²) in [7, 11) is 1.14. The molecule has 0 aliphatic carbocycles. The van der Waals surface area contributed by atoms with Crippen LogP contribution in [0.2, 0.25) is 0 Å². The van der Waals surface area contributed by atoms with Crippen molar-refractivity contribution >= 4 is 96.0 Å². The monoisotopic (exact) mass is 1100 g/mol. The normalized spacial score (nSPS) is 12.0. The highest BCUT2D eigenvalue weighted by Crippen LogP contribution is 2.10. The van der Waals surface area contributed by atoms with E-state index in [0.717, 1.165) is 7.11 Å². The summed E-state index contributed by atoms with van der Waals surface area (Å²) in [4.78, 5) is 138. The molecule has 3 rings (SSSR count). The number of methoxy groups -OCH3 is 1. The van der Waals surface area contributed by atoms with E-state index in [-0.39, 0.29) is 76.3 Å². The van der Waals surface area contributed by atoms with Crippen molar-refractivity contribution < 1.29 is 57.4 Å². The van der Waals surface area contributed by atoms with Crippen molar-refractivity contribution in [3.63, 3.8) is 0 Å². The maximum atomic E-state index is 13.7. The molecule has 3 aromatic heterocycles. The van der Waals surface area contributed by atoms with Crippen molar-refractivity contribution in [2.24, 2.45) is 0 Å². The van der Waals surface area contributed by atoms with Gasteiger partial charge in [-0.2, -0.15) is 0 Å². The van der Waals surface area contributed by atoms with Crippen LogP contribution in [-0.4, -0.2) is 144 Å². The summed E-state index contributed by atoms with van der Waals surface area (Å²) in [5.41, 5.74) is -0.0553. The number of alkyl carbamates (subject to hydrolysis) is 1. The van der Waals surface area contributed by atoms with E-state index in [1.807, 2.05) is 0 Å². The summed E-state index contributed by atoms with van der Waals surface area (Å²) in [5.74, 6) is -5.78. The third kappa shape index (κ3) is 24.0. The van der Waals surface area contributed by atoms with E-state index in [0.29, 0.717) is 37.7 Å². The van der Waals surface area contributed by atoms with Crippen LogP contribution >= 0.6 is 36.7 Å². The van der Waals surface area contributed by atoms with Gasteiger partial charge in [0, 0.05) is 38.2 Å². The number of carbonyl (C=O) groups excluding carboxylic acids is 10. The number of ether oxygens (including phenoxy) is 2. The van der Waals surface area contributed by atoms with E-state index < -0.39 is 96.8 Å². The van der Waals surface area contributed by atoms with Gasteiger partial charge in [0.2, 0.25) is 29.5 Å². The van der Waals surface area contributed by atoms with Gasteiger partial charge in [-0.05, 0) is 115 Å². The van der Waals surface area contributed by atoms with Crippen LogP contribution in [0.15, 0.2) is 55.0 Å². The molecule has 3 unspecified atom stereocenters. The fourth-order valence-corrected chi connectivity index (χ4v) is 7.48. The van der Waals surface area contributed by atoms with Crippen molar-refractivity contribution in [1.82, 2.24) is 62.8 Å². The van der Waals surface area contributed by atoms with Crippen LogP contribution in [0.5, 0.6) is 0 Å². The summed E-state index contributed by atoms with van der Waals surface area (Å²) in [6.45, 7) is 3.79. The molecule has 0 radical (unpaired) electrons. The Labute approximate surface area is 448 Å². The Morgan fingerprint density at radius 3 is 1.15 bits per heavy atom. The number of pyridine rings is 3. The molecule has 0 saturated heterocycles. The minimum Gasteiger partial charge on any atom is -0.468 e. The van der Waals surface area contributed by atoms with Gasteiger partial charge in [-0.15, -0.1) is 0 Å². The molecule has 3 heterocycles.